The molecule has 0 saturated carbocycles. The van der Waals surface area contributed by atoms with Gasteiger partial charge in [-0.05, 0) is 29.8 Å². The second kappa shape index (κ2) is 5.03. The topological polar surface area (TPSA) is 72.2 Å². The van der Waals surface area contributed by atoms with Gasteiger partial charge in [-0.1, -0.05) is 23.7 Å². The fourth-order valence-electron chi connectivity index (χ4n) is 2.20. The zero-order valence-corrected chi connectivity index (χ0v) is 11.4. The highest BCUT2D eigenvalue weighted by Crippen LogP contribution is 2.35. The number of nitro groups is 1. The Morgan fingerprint density at radius 2 is 2.00 bits per heavy atom. The number of hydrogen-bond acceptors (Lipinski definition) is 3. The third-order valence-corrected chi connectivity index (χ3v) is 3.39. The number of carbonyl (C=O) groups excluding carboxylic acids is 1. The minimum atomic E-state index is -0.471. The maximum absolute atomic E-state index is 12.0. The van der Waals surface area contributed by atoms with Crippen LogP contribution in [0, 0.1) is 10.1 Å². The molecule has 0 fully saturated rings. The Morgan fingerprint density at radius 3 is 2.76 bits per heavy atom. The molecule has 2 aromatic rings. The standard InChI is InChI=1S/C15H9ClN2O3/c16-10-4-5-14-12(8-10)13(15(19)17-14)7-9-2-1-3-11(6-9)18(20)21/h1-8H,(H,17,19)/b13-7+. The molecular formula is C15H9ClN2O3. The van der Waals surface area contributed by atoms with Crippen molar-refractivity contribution in [1.82, 2.24) is 0 Å². The number of rotatable bonds is 2. The average Bonchev–Trinajstić information content (AvgIpc) is 2.75. The van der Waals surface area contributed by atoms with E-state index >= 15 is 0 Å². The monoisotopic (exact) mass is 300 g/mol. The Balaban J connectivity index is 2.08. The van der Waals surface area contributed by atoms with Crippen molar-refractivity contribution >= 4 is 40.5 Å². The predicted molar refractivity (Wildman–Crippen MR) is 81.0 cm³/mol. The Morgan fingerprint density at radius 1 is 1.19 bits per heavy atom. The molecule has 3 rings (SSSR count). The number of carbonyl (C=O) groups is 1. The zero-order valence-electron chi connectivity index (χ0n) is 10.7. The Labute approximate surface area is 125 Å². The molecule has 0 saturated heterocycles. The van der Waals surface area contributed by atoms with Crippen LogP contribution < -0.4 is 5.32 Å². The van der Waals surface area contributed by atoms with E-state index in [1.165, 1.54) is 12.1 Å². The van der Waals surface area contributed by atoms with Gasteiger partial charge in [-0.15, -0.1) is 0 Å². The molecule has 0 aliphatic carbocycles. The van der Waals surface area contributed by atoms with E-state index in [1.54, 1.807) is 36.4 Å². The first-order valence-corrected chi connectivity index (χ1v) is 6.50. The fraction of sp³-hybridized carbons (Fsp3) is 0. The van der Waals surface area contributed by atoms with Gasteiger partial charge in [0, 0.05) is 34.0 Å². The fourth-order valence-corrected chi connectivity index (χ4v) is 2.37. The highest BCUT2D eigenvalue weighted by atomic mass is 35.5. The quantitative estimate of drug-likeness (QED) is 0.521. The van der Waals surface area contributed by atoms with Crippen LogP contribution >= 0.6 is 11.6 Å². The minimum absolute atomic E-state index is 0.0194. The summed E-state index contributed by atoms with van der Waals surface area (Å²) < 4.78 is 0. The van der Waals surface area contributed by atoms with Crippen LogP contribution in [0.2, 0.25) is 5.02 Å². The maximum Gasteiger partial charge on any atom is 0.270 e. The van der Waals surface area contributed by atoms with Crippen LogP contribution in [-0.2, 0) is 4.79 Å². The van der Waals surface area contributed by atoms with E-state index in [2.05, 4.69) is 5.32 Å². The Hall–Kier alpha value is -2.66. The summed E-state index contributed by atoms with van der Waals surface area (Å²) >= 11 is 5.95. The summed E-state index contributed by atoms with van der Waals surface area (Å²) in [6, 6.07) is 11.2. The van der Waals surface area contributed by atoms with Crippen LogP contribution in [0.3, 0.4) is 0 Å². The zero-order chi connectivity index (χ0) is 15.0. The third-order valence-electron chi connectivity index (χ3n) is 3.16. The summed E-state index contributed by atoms with van der Waals surface area (Å²) in [6.07, 6.45) is 1.62. The molecule has 5 nitrogen and oxygen atoms in total. The normalized spacial score (nSPS) is 14.9. The maximum atomic E-state index is 12.0. The summed E-state index contributed by atoms with van der Waals surface area (Å²) in [7, 11) is 0. The Kier molecular flexibility index (Phi) is 3.19. The predicted octanol–water partition coefficient (Wildman–Crippen LogP) is 3.74. The van der Waals surface area contributed by atoms with Crippen LogP contribution in [0.25, 0.3) is 11.6 Å². The van der Waals surface area contributed by atoms with Gasteiger partial charge in [0.05, 0.1) is 4.92 Å². The molecule has 1 N–H and O–H groups in total. The molecular weight excluding hydrogens is 292 g/mol. The van der Waals surface area contributed by atoms with E-state index in [0.717, 1.165) is 0 Å². The molecule has 104 valence electrons. The molecule has 1 heterocycles. The summed E-state index contributed by atoms with van der Waals surface area (Å²) in [6.45, 7) is 0. The number of hydrogen-bond donors (Lipinski definition) is 1. The van der Waals surface area contributed by atoms with Gasteiger partial charge in [0.15, 0.2) is 0 Å². The van der Waals surface area contributed by atoms with Gasteiger partial charge in [-0.3, -0.25) is 14.9 Å². The van der Waals surface area contributed by atoms with Gasteiger partial charge >= 0.3 is 0 Å². The van der Waals surface area contributed by atoms with Crippen molar-refractivity contribution < 1.29 is 9.72 Å². The van der Waals surface area contributed by atoms with E-state index in [9.17, 15) is 14.9 Å². The summed E-state index contributed by atoms with van der Waals surface area (Å²) in [5.41, 5.74) is 2.38. The van der Waals surface area contributed by atoms with Crippen molar-refractivity contribution in [3.63, 3.8) is 0 Å². The lowest BCUT2D eigenvalue weighted by Gasteiger charge is -2.00. The highest BCUT2D eigenvalue weighted by molar-refractivity contribution is 6.36. The van der Waals surface area contributed by atoms with Crippen LogP contribution in [0.15, 0.2) is 42.5 Å². The number of benzene rings is 2. The van der Waals surface area contributed by atoms with Gasteiger partial charge in [0.1, 0.15) is 0 Å². The number of non-ortho nitro benzene ring substituents is 1. The van der Waals surface area contributed by atoms with E-state index in [-0.39, 0.29) is 11.6 Å². The lowest BCUT2D eigenvalue weighted by molar-refractivity contribution is -0.384. The average molecular weight is 301 g/mol. The first kappa shape index (κ1) is 13.3. The van der Waals surface area contributed by atoms with E-state index in [1.807, 2.05) is 0 Å². The number of nitro benzene ring substituents is 1. The van der Waals surface area contributed by atoms with Crippen molar-refractivity contribution in [2.45, 2.75) is 0 Å². The largest absolute Gasteiger partial charge is 0.321 e. The molecule has 0 radical (unpaired) electrons. The molecule has 21 heavy (non-hydrogen) atoms. The molecule has 0 bridgehead atoms. The van der Waals surface area contributed by atoms with Gasteiger partial charge in [-0.25, -0.2) is 0 Å². The molecule has 1 aliphatic rings. The molecule has 2 aromatic carbocycles. The number of nitrogens with zero attached hydrogens (tertiary/aromatic N) is 1. The molecule has 1 amide bonds. The smallest absolute Gasteiger partial charge is 0.270 e. The van der Waals surface area contributed by atoms with Gasteiger partial charge in [0.2, 0.25) is 0 Å². The first-order valence-electron chi connectivity index (χ1n) is 6.12. The summed E-state index contributed by atoms with van der Waals surface area (Å²) in [5, 5.41) is 14.0. The van der Waals surface area contributed by atoms with Crippen molar-refractivity contribution in [1.29, 1.82) is 0 Å². The summed E-state index contributed by atoms with van der Waals surface area (Å²) in [4.78, 5) is 22.3. The minimum Gasteiger partial charge on any atom is -0.321 e. The molecule has 6 heteroatoms. The SMILES string of the molecule is O=C1Nc2ccc(Cl)cc2/C1=C\c1cccc([N+](=O)[O-])c1. The van der Waals surface area contributed by atoms with Crippen molar-refractivity contribution in [3.8, 4) is 0 Å². The van der Waals surface area contributed by atoms with Crippen LogP contribution in [-0.4, -0.2) is 10.8 Å². The molecule has 0 aromatic heterocycles. The van der Waals surface area contributed by atoms with Crippen molar-refractivity contribution in [2.24, 2.45) is 0 Å². The number of nitrogens with one attached hydrogen (secondary N) is 1. The second-order valence-electron chi connectivity index (χ2n) is 4.55. The number of anilines is 1. The highest BCUT2D eigenvalue weighted by Gasteiger charge is 2.24. The lowest BCUT2D eigenvalue weighted by atomic mass is 10.0. The van der Waals surface area contributed by atoms with Crippen molar-refractivity contribution in [2.75, 3.05) is 5.32 Å². The van der Waals surface area contributed by atoms with Gasteiger partial charge in [0.25, 0.3) is 11.6 Å². The number of amides is 1. The molecule has 0 unspecified atom stereocenters. The Bertz CT molecular complexity index is 799. The molecule has 0 spiro atoms. The summed E-state index contributed by atoms with van der Waals surface area (Å²) in [5.74, 6) is -0.251. The molecule has 0 atom stereocenters. The van der Waals surface area contributed by atoms with Gasteiger partial charge < -0.3 is 5.32 Å². The van der Waals surface area contributed by atoms with Crippen LogP contribution in [0.5, 0.6) is 0 Å². The third kappa shape index (κ3) is 2.51. The van der Waals surface area contributed by atoms with Crippen LogP contribution in [0.4, 0.5) is 11.4 Å². The van der Waals surface area contributed by atoms with Gasteiger partial charge in [-0.2, -0.15) is 0 Å². The second-order valence-corrected chi connectivity index (χ2v) is 4.99. The van der Waals surface area contributed by atoms with Crippen LogP contribution in [0.1, 0.15) is 11.1 Å². The van der Waals surface area contributed by atoms with E-state index < -0.39 is 4.92 Å². The van der Waals surface area contributed by atoms with Crippen molar-refractivity contribution in [3.05, 3.63) is 68.7 Å². The van der Waals surface area contributed by atoms with E-state index in [4.69, 9.17) is 11.6 Å². The van der Waals surface area contributed by atoms with E-state index in [0.29, 0.717) is 27.4 Å². The number of halogens is 1. The lowest BCUT2D eigenvalue weighted by Crippen LogP contribution is -2.03. The first-order chi connectivity index (χ1) is 10.0. The number of fused-ring (bicyclic) bond motifs is 1. The molecule has 1 aliphatic heterocycles.